The highest BCUT2D eigenvalue weighted by Crippen LogP contribution is 2.24. The second-order valence-corrected chi connectivity index (χ2v) is 5.17. The van der Waals surface area contributed by atoms with E-state index in [1.807, 2.05) is 6.07 Å². The summed E-state index contributed by atoms with van der Waals surface area (Å²) in [7, 11) is 1.52. The van der Waals surface area contributed by atoms with E-state index in [9.17, 15) is 9.59 Å². The molecule has 1 unspecified atom stereocenters. The molecule has 0 radical (unpaired) electrons. The predicted octanol–water partition coefficient (Wildman–Crippen LogP) is 2.34. The quantitative estimate of drug-likeness (QED) is 0.930. The van der Waals surface area contributed by atoms with Gasteiger partial charge in [0, 0.05) is 11.5 Å². The molecular formula is C14H13BrN2O3. The summed E-state index contributed by atoms with van der Waals surface area (Å²) in [5, 5.41) is 0. The molecule has 1 aromatic carbocycles. The maximum Gasteiger partial charge on any atom is 0.290 e. The maximum absolute atomic E-state index is 12.2. The fourth-order valence-electron chi connectivity index (χ4n) is 1.95. The topological polar surface area (TPSA) is 76.5 Å². The first-order valence-corrected chi connectivity index (χ1v) is 6.65. The number of rotatable bonds is 4. The number of primary amides is 1. The lowest BCUT2D eigenvalue weighted by atomic mass is 10.0. The van der Waals surface area contributed by atoms with Gasteiger partial charge in [0.1, 0.15) is 6.04 Å². The normalized spacial score (nSPS) is 11.9. The highest BCUT2D eigenvalue weighted by molar-refractivity contribution is 9.10. The van der Waals surface area contributed by atoms with Crippen LogP contribution in [0.3, 0.4) is 0 Å². The number of amides is 2. The van der Waals surface area contributed by atoms with Crippen LogP contribution in [0.4, 0.5) is 0 Å². The van der Waals surface area contributed by atoms with E-state index < -0.39 is 17.9 Å². The smallest absolute Gasteiger partial charge is 0.290 e. The van der Waals surface area contributed by atoms with E-state index in [1.54, 1.807) is 24.3 Å². The van der Waals surface area contributed by atoms with Crippen molar-refractivity contribution in [1.29, 1.82) is 0 Å². The van der Waals surface area contributed by atoms with E-state index in [-0.39, 0.29) is 5.76 Å². The second-order valence-electron chi connectivity index (χ2n) is 4.25. The van der Waals surface area contributed by atoms with Crippen molar-refractivity contribution < 1.29 is 14.0 Å². The number of hydrogen-bond donors (Lipinski definition) is 1. The molecule has 5 nitrogen and oxygen atoms in total. The van der Waals surface area contributed by atoms with Crippen molar-refractivity contribution in [2.75, 3.05) is 7.05 Å². The van der Waals surface area contributed by atoms with Gasteiger partial charge >= 0.3 is 0 Å². The standard InChI is InChI=1S/C14H13BrN2O3/c1-17(14(19)11-6-3-7-20-11)12(13(16)18)9-4-2-5-10(15)8-9/h2-8,12H,1H3,(H2,16,18). The van der Waals surface area contributed by atoms with E-state index in [2.05, 4.69) is 15.9 Å². The summed E-state index contributed by atoms with van der Waals surface area (Å²) in [4.78, 5) is 25.2. The first-order valence-electron chi connectivity index (χ1n) is 5.86. The average Bonchev–Trinajstić information content (AvgIpc) is 2.91. The Hall–Kier alpha value is -2.08. The molecule has 2 amide bonds. The Kier molecular flexibility index (Phi) is 4.24. The number of carbonyl (C=O) groups excluding carboxylic acids is 2. The Morgan fingerprint density at radius 1 is 1.30 bits per heavy atom. The van der Waals surface area contributed by atoms with Gasteiger partial charge in [-0.15, -0.1) is 0 Å². The molecule has 1 heterocycles. The van der Waals surface area contributed by atoms with Crippen LogP contribution in [0.25, 0.3) is 0 Å². The van der Waals surface area contributed by atoms with Crippen molar-refractivity contribution in [3.8, 4) is 0 Å². The highest BCUT2D eigenvalue weighted by atomic mass is 79.9. The van der Waals surface area contributed by atoms with Gasteiger partial charge in [-0.05, 0) is 29.8 Å². The Balaban J connectivity index is 2.34. The van der Waals surface area contributed by atoms with Crippen LogP contribution in [0.15, 0.2) is 51.6 Å². The van der Waals surface area contributed by atoms with Gasteiger partial charge in [-0.1, -0.05) is 28.1 Å². The number of carbonyl (C=O) groups is 2. The summed E-state index contributed by atoms with van der Waals surface area (Å²) in [6.45, 7) is 0. The molecular weight excluding hydrogens is 324 g/mol. The van der Waals surface area contributed by atoms with Crippen LogP contribution in [0.1, 0.15) is 22.2 Å². The van der Waals surface area contributed by atoms with E-state index in [4.69, 9.17) is 10.2 Å². The number of benzene rings is 1. The Labute approximate surface area is 124 Å². The SMILES string of the molecule is CN(C(=O)c1ccco1)C(C(N)=O)c1cccc(Br)c1. The Bertz CT molecular complexity index is 625. The minimum atomic E-state index is -0.856. The third-order valence-corrected chi connectivity index (χ3v) is 3.37. The molecule has 2 aromatic rings. The lowest BCUT2D eigenvalue weighted by molar-refractivity contribution is -0.122. The fourth-order valence-corrected chi connectivity index (χ4v) is 2.36. The first kappa shape index (κ1) is 14.3. The molecule has 0 aliphatic rings. The van der Waals surface area contributed by atoms with E-state index in [0.29, 0.717) is 5.56 Å². The van der Waals surface area contributed by atoms with Crippen molar-refractivity contribution in [3.63, 3.8) is 0 Å². The molecule has 0 aliphatic heterocycles. The van der Waals surface area contributed by atoms with Crippen molar-refractivity contribution in [3.05, 3.63) is 58.5 Å². The van der Waals surface area contributed by atoms with Gasteiger partial charge in [0.2, 0.25) is 5.91 Å². The molecule has 0 fully saturated rings. The number of halogens is 1. The molecule has 6 heteroatoms. The Morgan fingerprint density at radius 2 is 2.05 bits per heavy atom. The van der Waals surface area contributed by atoms with Gasteiger partial charge in [0.05, 0.1) is 6.26 Å². The molecule has 20 heavy (non-hydrogen) atoms. The highest BCUT2D eigenvalue weighted by Gasteiger charge is 2.28. The van der Waals surface area contributed by atoms with Crippen LogP contribution >= 0.6 is 15.9 Å². The average molecular weight is 337 g/mol. The van der Waals surface area contributed by atoms with Gasteiger partial charge in [0.25, 0.3) is 5.91 Å². The minimum Gasteiger partial charge on any atom is -0.459 e. The third kappa shape index (κ3) is 2.91. The molecule has 0 aliphatic carbocycles. The summed E-state index contributed by atoms with van der Waals surface area (Å²) in [6.07, 6.45) is 1.40. The van der Waals surface area contributed by atoms with Crippen LogP contribution in [-0.4, -0.2) is 23.8 Å². The lowest BCUT2D eigenvalue weighted by Gasteiger charge is -2.25. The molecule has 0 spiro atoms. The first-order chi connectivity index (χ1) is 9.50. The number of likely N-dealkylation sites (N-methyl/N-ethyl adjacent to an activating group) is 1. The summed E-state index contributed by atoms with van der Waals surface area (Å²) in [5.74, 6) is -0.849. The van der Waals surface area contributed by atoms with Gasteiger partial charge in [-0.3, -0.25) is 9.59 Å². The molecule has 0 bridgehead atoms. The van der Waals surface area contributed by atoms with Crippen LogP contribution < -0.4 is 5.73 Å². The fraction of sp³-hybridized carbons (Fsp3) is 0.143. The van der Waals surface area contributed by atoms with Crippen LogP contribution in [0, 0.1) is 0 Å². The molecule has 1 atom stereocenters. The van der Waals surface area contributed by atoms with Crippen molar-refractivity contribution in [2.24, 2.45) is 5.73 Å². The van der Waals surface area contributed by atoms with E-state index in [1.165, 1.54) is 24.3 Å². The number of nitrogens with two attached hydrogens (primary N) is 1. The maximum atomic E-state index is 12.2. The summed E-state index contributed by atoms with van der Waals surface area (Å²) < 4.78 is 5.86. The number of furan rings is 1. The van der Waals surface area contributed by atoms with Gasteiger partial charge < -0.3 is 15.1 Å². The lowest BCUT2D eigenvalue weighted by Crippen LogP contribution is -2.39. The van der Waals surface area contributed by atoms with Crippen molar-refractivity contribution in [2.45, 2.75) is 6.04 Å². The van der Waals surface area contributed by atoms with Crippen molar-refractivity contribution in [1.82, 2.24) is 4.90 Å². The summed E-state index contributed by atoms with van der Waals surface area (Å²) in [6, 6.07) is 9.39. The van der Waals surface area contributed by atoms with Gasteiger partial charge in [0.15, 0.2) is 5.76 Å². The molecule has 1 aromatic heterocycles. The number of hydrogen-bond acceptors (Lipinski definition) is 3. The largest absolute Gasteiger partial charge is 0.459 e. The monoisotopic (exact) mass is 336 g/mol. The zero-order valence-electron chi connectivity index (χ0n) is 10.7. The zero-order chi connectivity index (χ0) is 14.7. The minimum absolute atomic E-state index is 0.161. The predicted molar refractivity (Wildman–Crippen MR) is 76.9 cm³/mol. The molecule has 2 N–H and O–H groups in total. The molecule has 2 rings (SSSR count). The van der Waals surface area contributed by atoms with E-state index >= 15 is 0 Å². The summed E-state index contributed by atoms with van der Waals surface area (Å²) in [5.41, 5.74) is 6.07. The summed E-state index contributed by atoms with van der Waals surface area (Å²) >= 11 is 3.33. The van der Waals surface area contributed by atoms with Crippen molar-refractivity contribution >= 4 is 27.7 Å². The zero-order valence-corrected chi connectivity index (χ0v) is 12.3. The second kappa shape index (κ2) is 5.92. The molecule has 0 saturated carbocycles. The molecule has 0 saturated heterocycles. The van der Waals surface area contributed by atoms with Crippen LogP contribution in [0.2, 0.25) is 0 Å². The molecule has 104 valence electrons. The number of nitrogens with zero attached hydrogens (tertiary/aromatic N) is 1. The van der Waals surface area contributed by atoms with E-state index in [0.717, 1.165) is 4.47 Å². The third-order valence-electron chi connectivity index (χ3n) is 2.87. The van der Waals surface area contributed by atoms with Gasteiger partial charge in [-0.25, -0.2) is 0 Å². The Morgan fingerprint density at radius 3 is 2.60 bits per heavy atom. The van der Waals surface area contributed by atoms with Gasteiger partial charge in [-0.2, -0.15) is 0 Å². The van der Waals surface area contributed by atoms with Crippen LogP contribution in [0.5, 0.6) is 0 Å². The van der Waals surface area contributed by atoms with Crippen LogP contribution in [-0.2, 0) is 4.79 Å².